The molecule has 0 aliphatic heterocycles. The molecule has 8 heavy (non-hydrogen) atoms. The minimum absolute atomic E-state index is 1.99. The summed E-state index contributed by atoms with van der Waals surface area (Å²) in [4.78, 5) is 0. The van der Waals surface area contributed by atoms with Gasteiger partial charge in [-0.15, -0.1) is 33.2 Å². The van der Waals surface area contributed by atoms with E-state index >= 15 is 0 Å². The van der Waals surface area contributed by atoms with Crippen molar-refractivity contribution in [3.05, 3.63) is 0 Å². The van der Waals surface area contributed by atoms with E-state index in [1.165, 1.54) is 0 Å². The fourth-order valence-corrected chi connectivity index (χ4v) is 0. The lowest BCUT2D eigenvalue weighted by molar-refractivity contribution is 3.69. The third kappa shape index (κ3) is 3.80. The first-order valence-corrected chi connectivity index (χ1v) is 16.2. The Morgan fingerprint density at radius 2 is 1.00 bits per heavy atom. The Labute approximate surface area is 86.9 Å². The molecule has 0 N–H and O–H groups in total. The maximum Gasteiger partial charge on any atom is 0.360 e. The van der Waals surface area contributed by atoms with E-state index in [0.29, 0.717) is 0 Å². The van der Waals surface area contributed by atoms with Gasteiger partial charge >= 0.3 is 8.97 Å². The van der Waals surface area contributed by atoms with E-state index in [1.54, 1.807) is 0 Å². The van der Waals surface area contributed by atoms with Crippen LogP contribution in [0.5, 0.6) is 0 Å². The summed E-state index contributed by atoms with van der Waals surface area (Å²) >= 11 is 26.5. The molecule has 0 heterocycles. The molecule has 0 saturated heterocycles. The monoisotopic (exact) mass is 398 g/mol. The van der Waals surface area contributed by atoms with Gasteiger partial charge in [0.05, 0.1) is 0 Å². The summed E-state index contributed by atoms with van der Waals surface area (Å²) in [6, 6.07) is 0. The Bertz CT molecular complexity index is 67.5. The van der Waals surface area contributed by atoms with Crippen molar-refractivity contribution in [1.29, 1.82) is 0 Å². The van der Waals surface area contributed by atoms with Crippen LogP contribution in [0.1, 0.15) is 0 Å². The van der Waals surface area contributed by atoms with Crippen molar-refractivity contribution in [2.75, 3.05) is 0 Å². The molecule has 0 rings (SSSR count). The molecule has 0 aliphatic rings. The third-order valence-electron chi connectivity index (χ3n) is 0.321. The second kappa shape index (κ2) is 3.43. The molecule has 0 fully saturated rings. The second-order valence-corrected chi connectivity index (χ2v) is 44.1. The molecule has 0 aromatic rings. The Hall–Kier alpha value is 2.74. The third-order valence-corrected chi connectivity index (χ3v) is 45.1. The van der Waals surface area contributed by atoms with Crippen LogP contribution >= 0.6 is 79.1 Å². The molecule has 0 amide bonds. The summed E-state index contributed by atoms with van der Waals surface area (Å²) in [5, 5.41) is 0. The van der Waals surface area contributed by atoms with Crippen LogP contribution < -0.4 is 0 Å². The Morgan fingerprint density at radius 3 is 1.00 bits per heavy atom. The Balaban J connectivity index is 4.02. The van der Waals surface area contributed by atoms with Gasteiger partial charge in [0, 0.05) is 0 Å². The van der Waals surface area contributed by atoms with Crippen LogP contribution in [-0.2, 0) is 0 Å². The fourth-order valence-electron chi connectivity index (χ4n) is 0. The SMILES string of the molecule is Cl[Si](Cl)(Cl)[Si](Br)(Br)Br. The van der Waals surface area contributed by atoms with E-state index in [-0.39, 0.29) is 0 Å². The maximum absolute atomic E-state index is 5.60. The van der Waals surface area contributed by atoms with Crippen LogP contribution in [0.3, 0.4) is 0 Å². The van der Waals surface area contributed by atoms with E-state index < -0.39 is 8.97 Å². The summed E-state index contributed by atoms with van der Waals surface area (Å²) in [6.45, 7) is 0. The standard InChI is InChI=1S/Br3Cl3Si2/c1-7(2,3)8(4,5)6. The molecule has 0 aromatic heterocycles. The number of hydrogen-bond acceptors (Lipinski definition) is 0. The highest BCUT2D eigenvalue weighted by molar-refractivity contribution is 9.75. The van der Waals surface area contributed by atoms with Gasteiger partial charge in [-0.1, -0.05) is 45.9 Å². The molecule has 0 aromatic carbocycles. The van der Waals surface area contributed by atoms with Crippen molar-refractivity contribution in [2.24, 2.45) is 0 Å². The van der Waals surface area contributed by atoms with Crippen molar-refractivity contribution in [3.63, 3.8) is 0 Å². The molecule has 0 radical (unpaired) electrons. The highest BCUT2D eigenvalue weighted by atomic mass is 80.0. The van der Waals surface area contributed by atoms with Gasteiger partial charge in [0.15, 0.2) is 0 Å². The van der Waals surface area contributed by atoms with Crippen molar-refractivity contribution in [2.45, 2.75) is 0 Å². The quantitative estimate of drug-likeness (QED) is 0.462. The van der Waals surface area contributed by atoms with Crippen LogP contribution in [0.2, 0.25) is 0 Å². The highest BCUT2D eigenvalue weighted by Crippen LogP contribution is 2.43. The lowest BCUT2D eigenvalue weighted by Crippen LogP contribution is -2.34. The van der Waals surface area contributed by atoms with Crippen LogP contribution in [-0.4, -0.2) is 8.97 Å². The number of halogens is 6. The first-order valence-electron chi connectivity index (χ1n) is 1.38. The molecule has 8 heteroatoms. The van der Waals surface area contributed by atoms with Gasteiger partial charge in [0.2, 0.25) is 0 Å². The molecular weight excluding hydrogens is 402 g/mol. The van der Waals surface area contributed by atoms with Crippen LogP contribution in [0, 0.1) is 0 Å². The zero-order valence-corrected chi connectivity index (χ0v) is 12.3. The zero-order chi connectivity index (χ0) is 7.00. The molecule has 0 unspecified atom stereocenters. The summed E-state index contributed by atoms with van der Waals surface area (Å²) < 4.78 is -1.99. The summed E-state index contributed by atoms with van der Waals surface area (Å²) in [5.74, 6) is 0. The van der Waals surface area contributed by atoms with E-state index in [2.05, 4.69) is 45.9 Å². The molecule has 0 aliphatic carbocycles. The predicted octanol–water partition coefficient (Wildman–Crippen LogP) is 3.84. The first kappa shape index (κ1) is 10.7. The van der Waals surface area contributed by atoms with Crippen molar-refractivity contribution < 1.29 is 0 Å². The minimum atomic E-state index is -2.55. The fraction of sp³-hybridized carbons (Fsp3) is 0. The average Bonchev–Trinajstić information content (AvgIpc) is 1.25. The van der Waals surface area contributed by atoms with Crippen LogP contribution in [0.15, 0.2) is 0 Å². The lowest BCUT2D eigenvalue weighted by Gasteiger charge is -2.14. The predicted molar refractivity (Wildman–Crippen MR) is 55.8 cm³/mol. The van der Waals surface area contributed by atoms with Gasteiger partial charge in [-0.05, 0) is 0 Å². The van der Waals surface area contributed by atoms with Crippen LogP contribution in [0.4, 0.5) is 0 Å². The highest BCUT2D eigenvalue weighted by Gasteiger charge is 2.49. The average molecular weight is 402 g/mol. The van der Waals surface area contributed by atoms with Gasteiger partial charge in [0.25, 0.3) is 0 Å². The number of hydrogen-bond donors (Lipinski definition) is 0. The molecule has 0 atom stereocenters. The molecule has 0 bridgehead atoms. The molecule has 0 spiro atoms. The first-order chi connectivity index (χ1) is 3.25. The zero-order valence-electron chi connectivity index (χ0n) is 3.27. The van der Waals surface area contributed by atoms with E-state index in [4.69, 9.17) is 33.2 Å². The minimum Gasteiger partial charge on any atom is -0.126 e. The van der Waals surface area contributed by atoms with Gasteiger partial charge < -0.3 is 0 Å². The molecule has 50 valence electrons. The summed E-state index contributed by atoms with van der Waals surface area (Å²) in [5.41, 5.74) is -2.55. The molecular formula is Br3Cl3Si2. The number of rotatable bonds is 1. The van der Waals surface area contributed by atoms with Crippen molar-refractivity contribution >= 4 is 88.1 Å². The second-order valence-electron chi connectivity index (χ2n) is 0.996. The van der Waals surface area contributed by atoms with Gasteiger partial charge in [-0.25, -0.2) is 0 Å². The normalized spacial score (nSPS) is 14.2. The van der Waals surface area contributed by atoms with Gasteiger partial charge in [0.1, 0.15) is 0 Å². The molecule has 0 saturated carbocycles. The van der Waals surface area contributed by atoms with Crippen LogP contribution in [0.25, 0.3) is 0 Å². The summed E-state index contributed by atoms with van der Waals surface area (Å²) in [7, 11) is 0. The molecule has 0 nitrogen and oxygen atoms in total. The topological polar surface area (TPSA) is 0 Å². The van der Waals surface area contributed by atoms with Crippen molar-refractivity contribution in [1.82, 2.24) is 0 Å². The van der Waals surface area contributed by atoms with E-state index in [0.717, 1.165) is 0 Å². The van der Waals surface area contributed by atoms with E-state index in [9.17, 15) is 0 Å². The Kier molecular flexibility index (Phi) is 4.60. The summed E-state index contributed by atoms with van der Waals surface area (Å²) in [6.07, 6.45) is 0. The lowest BCUT2D eigenvalue weighted by atomic mass is 26.9. The van der Waals surface area contributed by atoms with Crippen molar-refractivity contribution in [3.8, 4) is 0 Å². The smallest absolute Gasteiger partial charge is 0.126 e. The largest absolute Gasteiger partial charge is 0.360 e. The van der Waals surface area contributed by atoms with Gasteiger partial charge in [-0.2, -0.15) is 0 Å². The van der Waals surface area contributed by atoms with E-state index in [1.807, 2.05) is 0 Å². The Morgan fingerprint density at radius 1 is 0.875 bits per heavy atom. The van der Waals surface area contributed by atoms with Gasteiger partial charge in [-0.3, -0.25) is 0 Å². The maximum atomic E-state index is 5.60.